The normalized spacial score (nSPS) is 19.2. The fraction of sp³-hybridized carbons (Fsp3) is 0.227. The number of fused-ring (bicyclic) bond motifs is 2. The van der Waals surface area contributed by atoms with E-state index >= 15 is 0 Å². The fourth-order valence-electron chi connectivity index (χ4n) is 4.31. The number of nitrogen functional groups attached to an aromatic ring is 1. The summed E-state index contributed by atoms with van der Waals surface area (Å²) in [5, 5.41) is 29.0. The number of aromatic nitrogens is 3. The van der Waals surface area contributed by atoms with Crippen LogP contribution in [0.3, 0.4) is 0 Å². The summed E-state index contributed by atoms with van der Waals surface area (Å²) in [6.07, 6.45) is 4.66. The highest BCUT2D eigenvalue weighted by Gasteiger charge is 2.53. The minimum absolute atomic E-state index is 0.0114. The molecule has 38 heavy (non-hydrogen) atoms. The van der Waals surface area contributed by atoms with E-state index in [2.05, 4.69) is 15.5 Å². The summed E-state index contributed by atoms with van der Waals surface area (Å²) >= 11 is 2.36. The van der Waals surface area contributed by atoms with E-state index in [0.29, 0.717) is 11.1 Å². The molecule has 0 spiro atoms. The van der Waals surface area contributed by atoms with Crippen LogP contribution in [-0.4, -0.2) is 73.1 Å². The molecule has 2 amide bonds. The molecule has 5 heterocycles. The monoisotopic (exact) mass is 557 g/mol. The standard InChI is InChI=1S/C22H19N7O7S2/c1-36-26-14(12-9-38-22(23)24-12)17(30)25-15-18(31)29-16(21(34)35)10(8-37-19(15)29)5-27-6-11-3-2-4-28(11)13(7-27)20(32)33/h2-4,6-7,9,15,19H,5,8H2,1H3,(H4-,23,24,25,30,32,33,34,35)/b26-14-/t15-,19+/m1/s1. The number of β-lactam (4-membered cyclic amide) rings is 1. The Kier molecular flexibility index (Phi) is 6.50. The van der Waals surface area contributed by atoms with Crippen molar-refractivity contribution in [2.75, 3.05) is 18.6 Å². The van der Waals surface area contributed by atoms with Gasteiger partial charge in [-0.05, 0) is 12.1 Å². The Morgan fingerprint density at radius 1 is 1.39 bits per heavy atom. The third kappa shape index (κ3) is 4.32. The minimum atomic E-state index is -1.55. The predicted octanol–water partition coefficient (Wildman–Crippen LogP) is -1.58. The van der Waals surface area contributed by atoms with E-state index in [-0.39, 0.29) is 40.2 Å². The van der Waals surface area contributed by atoms with Crippen molar-refractivity contribution in [1.82, 2.24) is 19.6 Å². The molecule has 0 aliphatic carbocycles. The van der Waals surface area contributed by atoms with Crippen molar-refractivity contribution in [3.8, 4) is 0 Å². The van der Waals surface area contributed by atoms with Crippen LogP contribution in [0.15, 0.2) is 52.5 Å². The first-order valence-electron chi connectivity index (χ1n) is 10.9. The number of aliphatic carboxylic acids is 1. The third-order valence-electron chi connectivity index (χ3n) is 5.91. The maximum absolute atomic E-state index is 13.0. The van der Waals surface area contributed by atoms with Crippen LogP contribution >= 0.6 is 23.1 Å². The number of carboxylic acids is 2. The number of amides is 2. The largest absolute Gasteiger partial charge is 0.543 e. The SMILES string of the molecule is CO/N=C(\C(=O)N[C@@H]1C(=O)N2C(C(=O)[O-])=C(C[n+]3cc(C(=O)O)n4cccc4c3)CS[C@@H]12)c1csc(N)n1. The van der Waals surface area contributed by atoms with Crippen LogP contribution in [0.4, 0.5) is 5.13 Å². The first-order chi connectivity index (χ1) is 18.2. The van der Waals surface area contributed by atoms with Gasteiger partial charge in [0.1, 0.15) is 29.7 Å². The zero-order chi connectivity index (χ0) is 27.1. The van der Waals surface area contributed by atoms with Gasteiger partial charge in [-0.15, -0.1) is 23.1 Å². The van der Waals surface area contributed by atoms with Crippen LogP contribution in [0.2, 0.25) is 0 Å². The van der Waals surface area contributed by atoms with E-state index in [0.717, 1.165) is 16.2 Å². The molecule has 0 bridgehead atoms. The number of nitrogens with one attached hydrogen (secondary N) is 1. The summed E-state index contributed by atoms with van der Waals surface area (Å²) in [5.41, 5.74) is 6.26. The third-order valence-corrected chi connectivity index (χ3v) is 7.92. The van der Waals surface area contributed by atoms with E-state index in [9.17, 15) is 29.4 Å². The molecule has 5 rings (SSSR count). The number of nitrogens with zero attached hydrogens (tertiary/aromatic N) is 5. The van der Waals surface area contributed by atoms with Crippen LogP contribution in [0.25, 0.3) is 5.52 Å². The van der Waals surface area contributed by atoms with Crippen molar-refractivity contribution in [3.63, 3.8) is 0 Å². The fourth-order valence-corrected chi connectivity index (χ4v) is 6.19. The molecule has 3 aromatic rings. The molecule has 196 valence electrons. The lowest BCUT2D eigenvalue weighted by Gasteiger charge is -2.50. The molecule has 2 aliphatic rings. The molecule has 2 atom stereocenters. The molecule has 1 saturated heterocycles. The number of hydrogen-bond donors (Lipinski definition) is 3. The molecule has 0 saturated carbocycles. The van der Waals surface area contributed by atoms with Crippen LogP contribution in [0, 0.1) is 0 Å². The Bertz CT molecular complexity index is 1560. The number of carbonyl (C=O) groups is 4. The van der Waals surface area contributed by atoms with Crippen molar-refractivity contribution in [2.24, 2.45) is 5.16 Å². The smallest absolute Gasteiger partial charge is 0.359 e. The predicted molar refractivity (Wildman–Crippen MR) is 132 cm³/mol. The van der Waals surface area contributed by atoms with Crippen molar-refractivity contribution in [1.29, 1.82) is 0 Å². The topological polar surface area (TPSA) is 196 Å². The van der Waals surface area contributed by atoms with E-state index in [1.807, 2.05) is 0 Å². The molecule has 16 heteroatoms. The minimum Gasteiger partial charge on any atom is -0.543 e. The van der Waals surface area contributed by atoms with Crippen LogP contribution < -0.4 is 20.7 Å². The molecule has 4 N–H and O–H groups in total. The van der Waals surface area contributed by atoms with Gasteiger partial charge in [-0.25, -0.2) is 9.78 Å². The van der Waals surface area contributed by atoms with Crippen molar-refractivity contribution < 1.29 is 38.8 Å². The van der Waals surface area contributed by atoms with Gasteiger partial charge in [0, 0.05) is 22.9 Å². The summed E-state index contributed by atoms with van der Waals surface area (Å²) in [7, 11) is 1.25. The lowest BCUT2D eigenvalue weighted by atomic mass is 10.0. The Morgan fingerprint density at radius 3 is 2.84 bits per heavy atom. The molecular weight excluding hydrogens is 538 g/mol. The van der Waals surface area contributed by atoms with Crippen LogP contribution in [0.1, 0.15) is 16.2 Å². The summed E-state index contributed by atoms with van der Waals surface area (Å²) in [5.74, 6) is -3.88. The van der Waals surface area contributed by atoms with Gasteiger partial charge in [0.15, 0.2) is 29.3 Å². The number of hydrogen-bond acceptors (Lipinski definition) is 11. The maximum atomic E-state index is 13.0. The van der Waals surface area contributed by atoms with Crippen molar-refractivity contribution in [3.05, 3.63) is 58.8 Å². The summed E-state index contributed by atoms with van der Waals surface area (Å²) in [6.45, 7) is 0.0156. The second-order valence-corrected chi connectivity index (χ2v) is 10.2. The second kappa shape index (κ2) is 9.79. The van der Waals surface area contributed by atoms with Gasteiger partial charge in [0.25, 0.3) is 11.8 Å². The Labute approximate surface area is 222 Å². The average molecular weight is 558 g/mol. The van der Waals surface area contributed by atoms with Crippen molar-refractivity contribution in [2.45, 2.75) is 18.0 Å². The molecule has 0 aromatic carbocycles. The zero-order valence-electron chi connectivity index (χ0n) is 19.6. The molecule has 2 aliphatic heterocycles. The van der Waals surface area contributed by atoms with Gasteiger partial charge in [0.2, 0.25) is 6.20 Å². The molecule has 14 nitrogen and oxygen atoms in total. The summed E-state index contributed by atoms with van der Waals surface area (Å²) < 4.78 is 3.04. The zero-order valence-corrected chi connectivity index (χ0v) is 21.2. The van der Waals surface area contributed by atoms with Gasteiger partial charge in [0.05, 0.1) is 11.7 Å². The molecule has 0 radical (unpaired) electrons. The average Bonchev–Trinajstić information content (AvgIpc) is 3.53. The van der Waals surface area contributed by atoms with Gasteiger partial charge < -0.3 is 35.3 Å². The van der Waals surface area contributed by atoms with Gasteiger partial charge in [-0.2, -0.15) is 4.57 Å². The first kappa shape index (κ1) is 25.2. The van der Waals surface area contributed by atoms with E-state index < -0.39 is 35.2 Å². The molecular formula is C22H19N7O7S2. The van der Waals surface area contributed by atoms with E-state index in [1.165, 1.54) is 34.8 Å². The van der Waals surface area contributed by atoms with Crippen LogP contribution in [-0.2, 0) is 25.8 Å². The first-order valence-corrected chi connectivity index (χ1v) is 12.9. The van der Waals surface area contributed by atoms with Gasteiger partial charge in [-0.3, -0.25) is 14.5 Å². The Hall–Kier alpha value is -4.44. The molecule has 3 aromatic heterocycles. The Morgan fingerprint density at radius 2 is 2.18 bits per heavy atom. The summed E-state index contributed by atoms with van der Waals surface area (Å²) in [4.78, 5) is 59.6. The van der Waals surface area contributed by atoms with E-state index in [1.54, 1.807) is 29.1 Å². The highest BCUT2D eigenvalue weighted by atomic mass is 32.2. The summed E-state index contributed by atoms with van der Waals surface area (Å²) in [6, 6.07) is 2.39. The molecule has 0 unspecified atom stereocenters. The van der Waals surface area contributed by atoms with E-state index in [4.69, 9.17) is 10.6 Å². The van der Waals surface area contributed by atoms with Gasteiger partial charge in [-0.1, -0.05) is 5.16 Å². The number of thiazole rings is 1. The number of anilines is 1. The number of aromatic carboxylic acids is 1. The number of carboxylic acid groups (broad SMARTS) is 2. The van der Waals surface area contributed by atoms with Crippen LogP contribution in [0.5, 0.6) is 0 Å². The number of thioether (sulfide) groups is 1. The van der Waals surface area contributed by atoms with Crippen molar-refractivity contribution >= 4 is 63.2 Å². The highest BCUT2D eigenvalue weighted by molar-refractivity contribution is 8.00. The lowest BCUT2D eigenvalue weighted by molar-refractivity contribution is -0.688. The molecule has 1 fully saturated rings. The number of carbonyl (C=O) groups excluding carboxylic acids is 3. The quantitative estimate of drug-likeness (QED) is 0.126. The number of oxime groups is 1. The number of nitrogens with two attached hydrogens (primary N) is 1. The number of rotatable bonds is 8. The Balaban J connectivity index is 1.39. The lowest BCUT2D eigenvalue weighted by Crippen LogP contribution is -2.71. The van der Waals surface area contributed by atoms with Gasteiger partial charge >= 0.3 is 5.97 Å². The highest BCUT2D eigenvalue weighted by Crippen LogP contribution is 2.40. The maximum Gasteiger partial charge on any atom is 0.359 e. The second-order valence-electron chi connectivity index (χ2n) is 8.22.